The molecule has 21 heavy (non-hydrogen) atoms. The van der Waals surface area contributed by atoms with E-state index in [-0.39, 0.29) is 0 Å². The van der Waals surface area contributed by atoms with Gasteiger partial charge in [-0.1, -0.05) is 62.4 Å². The van der Waals surface area contributed by atoms with E-state index in [0.717, 1.165) is 30.9 Å². The number of rotatable bonds is 8. The molecule has 0 aliphatic heterocycles. The normalized spacial score (nSPS) is 20.4. The maximum Gasteiger partial charge on any atom is 0.0705 e. The topological polar surface area (TPSA) is 12.0 Å². The molecule has 2 aliphatic rings. The Bertz CT molecular complexity index is 558. The molecule has 1 heteroatoms. The fraction of sp³-hybridized carbons (Fsp3) is 0.400. The first-order chi connectivity index (χ1) is 10.3. The monoisotopic (exact) mass is 279 g/mol. The van der Waals surface area contributed by atoms with Gasteiger partial charge in [0.1, 0.15) is 0 Å². The lowest BCUT2D eigenvalue weighted by Gasteiger charge is -2.09. The van der Waals surface area contributed by atoms with Gasteiger partial charge in [-0.2, -0.15) is 0 Å². The zero-order valence-corrected chi connectivity index (χ0v) is 12.9. The van der Waals surface area contributed by atoms with Gasteiger partial charge in [0.25, 0.3) is 0 Å². The first-order valence-electron chi connectivity index (χ1n) is 8.18. The van der Waals surface area contributed by atoms with Gasteiger partial charge in [0, 0.05) is 5.70 Å². The third-order valence-electron chi connectivity index (χ3n) is 4.15. The molecule has 110 valence electrons. The van der Waals surface area contributed by atoms with Crippen molar-refractivity contribution in [3.63, 3.8) is 0 Å². The SMILES string of the molecule is C=C(CCC)NC1C=C1c1ccc(C/C=C/C2CC2)cc1. The second kappa shape index (κ2) is 6.34. The van der Waals surface area contributed by atoms with Crippen LogP contribution >= 0.6 is 0 Å². The summed E-state index contributed by atoms with van der Waals surface area (Å²) in [4.78, 5) is 0. The molecular weight excluding hydrogens is 254 g/mol. The van der Waals surface area contributed by atoms with Crippen LogP contribution in [0.15, 0.2) is 54.8 Å². The molecule has 0 amide bonds. The molecular formula is C20H25N. The van der Waals surface area contributed by atoms with E-state index < -0.39 is 0 Å². The first kappa shape index (κ1) is 14.2. The number of hydrogen-bond acceptors (Lipinski definition) is 1. The molecule has 1 atom stereocenters. The van der Waals surface area contributed by atoms with Gasteiger partial charge in [0.2, 0.25) is 0 Å². The van der Waals surface area contributed by atoms with Crippen molar-refractivity contribution in [2.75, 3.05) is 0 Å². The Kier molecular flexibility index (Phi) is 4.28. The van der Waals surface area contributed by atoms with Gasteiger partial charge in [-0.15, -0.1) is 0 Å². The summed E-state index contributed by atoms with van der Waals surface area (Å²) in [5.74, 6) is 0.879. The van der Waals surface area contributed by atoms with Gasteiger partial charge in [0.15, 0.2) is 0 Å². The number of allylic oxidation sites excluding steroid dienone is 3. The molecule has 1 nitrogen and oxygen atoms in total. The molecule has 0 aromatic heterocycles. The Morgan fingerprint density at radius 3 is 2.71 bits per heavy atom. The van der Waals surface area contributed by atoms with E-state index >= 15 is 0 Å². The highest BCUT2D eigenvalue weighted by molar-refractivity contribution is 5.84. The van der Waals surface area contributed by atoms with Crippen molar-refractivity contribution in [2.45, 2.75) is 45.1 Å². The number of benzene rings is 1. The first-order valence-corrected chi connectivity index (χ1v) is 8.18. The van der Waals surface area contributed by atoms with Crippen LogP contribution in [0.5, 0.6) is 0 Å². The van der Waals surface area contributed by atoms with Crippen molar-refractivity contribution in [3.8, 4) is 0 Å². The van der Waals surface area contributed by atoms with Gasteiger partial charge >= 0.3 is 0 Å². The molecule has 0 spiro atoms. The van der Waals surface area contributed by atoms with Crippen molar-refractivity contribution >= 4 is 5.57 Å². The van der Waals surface area contributed by atoms with Crippen molar-refractivity contribution in [3.05, 3.63) is 65.9 Å². The fourth-order valence-electron chi connectivity index (χ4n) is 2.64. The van der Waals surface area contributed by atoms with E-state index in [2.05, 4.69) is 61.3 Å². The molecule has 1 saturated carbocycles. The van der Waals surface area contributed by atoms with Crippen LogP contribution in [0.25, 0.3) is 5.57 Å². The van der Waals surface area contributed by atoms with Gasteiger partial charge in [-0.25, -0.2) is 0 Å². The Hall–Kier alpha value is -1.76. The van der Waals surface area contributed by atoms with Crippen molar-refractivity contribution < 1.29 is 0 Å². The average molecular weight is 279 g/mol. The molecule has 1 aromatic carbocycles. The summed E-state index contributed by atoms with van der Waals surface area (Å²) in [6, 6.07) is 9.41. The minimum Gasteiger partial charge on any atom is -0.378 e. The molecule has 1 unspecified atom stereocenters. The lowest BCUT2D eigenvalue weighted by molar-refractivity contribution is 0.766. The highest BCUT2D eigenvalue weighted by atomic mass is 14.9. The molecule has 0 radical (unpaired) electrons. The molecule has 1 N–H and O–H groups in total. The Balaban J connectivity index is 1.48. The predicted octanol–water partition coefficient (Wildman–Crippen LogP) is 4.86. The zero-order valence-electron chi connectivity index (χ0n) is 12.9. The minimum absolute atomic E-state index is 0.407. The predicted molar refractivity (Wildman–Crippen MR) is 91.0 cm³/mol. The molecule has 1 aromatic rings. The van der Waals surface area contributed by atoms with Crippen LogP contribution in [0.1, 0.15) is 43.7 Å². The van der Waals surface area contributed by atoms with E-state index in [4.69, 9.17) is 0 Å². The van der Waals surface area contributed by atoms with Gasteiger partial charge in [-0.05, 0) is 48.3 Å². The molecule has 1 fully saturated rings. The Labute approximate surface area is 128 Å². The van der Waals surface area contributed by atoms with E-state index in [9.17, 15) is 0 Å². The third kappa shape index (κ3) is 4.10. The molecule has 3 rings (SSSR count). The van der Waals surface area contributed by atoms with Crippen LogP contribution in [-0.2, 0) is 6.42 Å². The van der Waals surface area contributed by atoms with Gasteiger partial charge in [-0.3, -0.25) is 0 Å². The van der Waals surface area contributed by atoms with Crippen LogP contribution < -0.4 is 5.32 Å². The molecule has 0 bridgehead atoms. The third-order valence-corrected chi connectivity index (χ3v) is 4.15. The quantitative estimate of drug-likeness (QED) is 0.670. The van der Waals surface area contributed by atoms with Crippen LogP contribution in [-0.4, -0.2) is 6.04 Å². The molecule has 0 heterocycles. The van der Waals surface area contributed by atoms with Gasteiger partial charge < -0.3 is 5.32 Å². The molecule has 2 aliphatic carbocycles. The summed E-state index contributed by atoms with van der Waals surface area (Å²) in [5.41, 5.74) is 5.30. The minimum atomic E-state index is 0.407. The van der Waals surface area contributed by atoms with Crippen LogP contribution in [0.3, 0.4) is 0 Å². The van der Waals surface area contributed by atoms with E-state index in [0.29, 0.717) is 6.04 Å². The summed E-state index contributed by atoms with van der Waals surface area (Å²) in [7, 11) is 0. The number of hydrogen-bond donors (Lipinski definition) is 1. The average Bonchev–Trinajstić information content (AvgIpc) is 3.36. The van der Waals surface area contributed by atoms with E-state index in [1.54, 1.807) is 0 Å². The van der Waals surface area contributed by atoms with Crippen molar-refractivity contribution in [1.29, 1.82) is 0 Å². The van der Waals surface area contributed by atoms with Crippen molar-refractivity contribution in [1.82, 2.24) is 5.32 Å². The maximum absolute atomic E-state index is 4.07. The van der Waals surface area contributed by atoms with E-state index in [1.807, 2.05) is 0 Å². The second-order valence-corrected chi connectivity index (χ2v) is 6.26. The summed E-state index contributed by atoms with van der Waals surface area (Å²) < 4.78 is 0. The summed E-state index contributed by atoms with van der Waals surface area (Å²) in [6.07, 6.45) is 13.0. The Morgan fingerprint density at radius 2 is 2.05 bits per heavy atom. The number of nitrogens with one attached hydrogen (secondary N) is 1. The standard InChI is InChI=1S/C20H25N/c1-3-5-15(2)21-20-14-19(20)18-12-10-17(11-13-18)7-4-6-16-8-9-16/h4,6,10-14,16,20-21H,2-3,5,7-9H2,1H3/b6-4+. The zero-order chi connectivity index (χ0) is 14.7. The lowest BCUT2D eigenvalue weighted by atomic mass is 10.1. The highest BCUT2D eigenvalue weighted by Crippen LogP contribution is 2.33. The lowest BCUT2D eigenvalue weighted by Crippen LogP contribution is -2.17. The fourth-order valence-corrected chi connectivity index (χ4v) is 2.64. The Morgan fingerprint density at radius 1 is 1.29 bits per heavy atom. The maximum atomic E-state index is 4.07. The van der Waals surface area contributed by atoms with Crippen molar-refractivity contribution in [2.24, 2.45) is 5.92 Å². The van der Waals surface area contributed by atoms with E-state index in [1.165, 1.54) is 29.5 Å². The summed E-state index contributed by atoms with van der Waals surface area (Å²) in [5, 5.41) is 3.47. The summed E-state index contributed by atoms with van der Waals surface area (Å²) in [6.45, 7) is 6.25. The van der Waals surface area contributed by atoms with Crippen LogP contribution in [0.4, 0.5) is 0 Å². The van der Waals surface area contributed by atoms with Crippen LogP contribution in [0, 0.1) is 5.92 Å². The highest BCUT2D eigenvalue weighted by Gasteiger charge is 2.25. The van der Waals surface area contributed by atoms with Crippen LogP contribution in [0.2, 0.25) is 0 Å². The van der Waals surface area contributed by atoms with Gasteiger partial charge in [0.05, 0.1) is 6.04 Å². The largest absolute Gasteiger partial charge is 0.378 e. The second-order valence-electron chi connectivity index (χ2n) is 6.26. The molecule has 0 saturated heterocycles. The summed E-state index contributed by atoms with van der Waals surface area (Å²) >= 11 is 0. The smallest absolute Gasteiger partial charge is 0.0705 e.